The zero-order chi connectivity index (χ0) is 30.8. The molecule has 11 nitrogen and oxygen atoms in total. The highest BCUT2D eigenvalue weighted by molar-refractivity contribution is 7.88. The molecule has 16 heteroatoms. The molecule has 1 aliphatic heterocycles. The second kappa shape index (κ2) is 13.6. The number of sulfonamides is 1. The second-order valence-electron chi connectivity index (χ2n) is 10.6. The number of carbonyl (C=O) groups is 1. The lowest BCUT2D eigenvalue weighted by Crippen LogP contribution is -2.43. The lowest BCUT2D eigenvalue weighted by molar-refractivity contribution is -0.140. The summed E-state index contributed by atoms with van der Waals surface area (Å²) in [6.45, 7) is 1.60. The van der Waals surface area contributed by atoms with Gasteiger partial charge in [-0.3, -0.25) is 4.79 Å². The number of likely N-dealkylation sites (N-methyl/N-ethyl adjacent to an activating group) is 1. The minimum atomic E-state index is -4.86. The number of aromatic nitrogens is 2. The van der Waals surface area contributed by atoms with E-state index in [4.69, 9.17) is 9.47 Å². The van der Waals surface area contributed by atoms with Crippen molar-refractivity contribution in [3.05, 3.63) is 35.3 Å². The normalized spacial score (nSPS) is 20.0. The minimum Gasteiger partial charge on any atom is -0.495 e. The maximum absolute atomic E-state index is 15.1. The average Bonchev–Trinajstić information content (AvgIpc) is 3.36. The number of ether oxygens (including phenoxy) is 2. The molecule has 1 aromatic carbocycles. The summed E-state index contributed by atoms with van der Waals surface area (Å²) in [6, 6.07) is 1.37. The van der Waals surface area contributed by atoms with Crippen molar-refractivity contribution in [1.29, 1.82) is 0 Å². The van der Waals surface area contributed by atoms with E-state index in [1.807, 2.05) is 7.05 Å². The third kappa shape index (κ3) is 8.23. The van der Waals surface area contributed by atoms with Crippen molar-refractivity contribution in [2.45, 2.75) is 63.9 Å². The van der Waals surface area contributed by atoms with E-state index >= 15 is 4.39 Å². The number of nitrogens with one attached hydrogen (secondary N) is 2. The summed E-state index contributed by atoms with van der Waals surface area (Å²) in [5.74, 6) is -2.62. The Labute approximate surface area is 249 Å². The predicted molar refractivity (Wildman–Crippen MR) is 153 cm³/mol. The number of amides is 1. The van der Waals surface area contributed by atoms with Crippen molar-refractivity contribution in [1.82, 2.24) is 24.5 Å². The van der Waals surface area contributed by atoms with Gasteiger partial charge in [-0.1, -0.05) is 7.43 Å². The van der Waals surface area contributed by atoms with Crippen LogP contribution in [0.2, 0.25) is 0 Å². The van der Waals surface area contributed by atoms with E-state index in [1.165, 1.54) is 20.2 Å². The first-order valence-electron chi connectivity index (χ1n) is 13.3. The Morgan fingerprint density at radius 1 is 1.16 bits per heavy atom. The fraction of sp³-hybridized carbons (Fsp3) is 0.593. The smallest absolute Gasteiger partial charge is 0.423 e. The van der Waals surface area contributed by atoms with E-state index in [9.17, 15) is 26.4 Å². The van der Waals surface area contributed by atoms with Crippen molar-refractivity contribution in [3.8, 4) is 11.6 Å². The van der Waals surface area contributed by atoms with Crippen LogP contribution in [0.25, 0.3) is 0 Å². The highest BCUT2D eigenvalue weighted by Crippen LogP contribution is 2.38. The molecule has 1 aliphatic carbocycles. The van der Waals surface area contributed by atoms with Gasteiger partial charge in [-0.2, -0.15) is 22.5 Å². The maximum Gasteiger partial charge on any atom is 0.423 e. The topological polar surface area (TPSA) is 126 Å². The molecule has 43 heavy (non-hydrogen) atoms. The monoisotopic (exact) mass is 634 g/mol. The minimum absolute atomic E-state index is 0. The number of hydrogen-bond donors (Lipinski definition) is 2. The summed E-state index contributed by atoms with van der Waals surface area (Å²) in [5.41, 5.74) is -1.54. The highest BCUT2D eigenvalue weighted by Gasteiger charge is 2.40. The van der Waals surface area contributed by atoms with Gasteiger partial charge in [0.15, 0.2) is 0 Å². The van der Waals surface area contributed by atoms with E-state index in [2.05, 4.69) is 25.5 Å². The van der Waals surface area contributed by atoms with E-state index in [-0.39, 0.29) is 36.4 Å². The number of piperidine rings is 1. The van der Waals surface area contributed by atoms with Gasteiger partial charge in [-0.25, -0.2) is 17.8 Å². The van der Waals surface area contributed by atoms with Gasteiger partial charge >= 0.3 is 6.18 Å². The van der Waals surface area contributed by atoms with Crippen LogP contribution in [-0.4, -0.2) is 92.2 Å². The van der Waals surface area contributed by atoms with Crippen LogP contribution in [0.15, 0.2) is 18.3 Å². The molecule has 0 spiro atoms. The Morgan fingerprint density at radius 2 is 1.84 bits per heavy atom. The van der Waals surface area contributed by atoms with Crippen molar-refractivity contribution < 1.29 is 40.2 Å². The number of hydrogen-bond acceptors (Lipinski definition) is 9. The Balaban J connectivity index is 0.00000506. The van der Waals surface area contributed by atoms with Gasteiger partial charge in [0.25, 0.3) is 5.91 Å². The Bertz CT molecular complexity index is 1400. The van der Waals surface area contributed by atoms with Crippen LogP contribution in [0.5, 0.6) is 11.6 Å². The number of benzene rings is 1. The van der Waals surface area contributed by atoms with E-state index in [0.717, 1.165) is 42.6 Å². The van der Waals surface area contributed by atoms with Crippen LogP contribution in [0.4, 0.5) is 29.2 Å². The molecule has 0 radical (unpaired) electrons. The number of nitrogens with zero attached hydrogens (tertiary/aromatic N) is 4. The molecule has 2 heterocycles. The van der Waals surface area contributed by atoms with Gasteiger partial charge in [0.05, 0.1) is 30.7 Å². The molecule has 1 amide bonds. The fourth-order valence-electron chi connectivity index (χ4n) is 5.09. The van der Waals surface area contributed by atoms with Gasteiger partial charge < -0.3 is 25.0 Å². The standard InChI is InChI=1S/C26H34F4N6O5S.CH4/c1-35-10-8-15(9-11-35)32-23(37)16-12-22(40-3)19(13-18(16)27)33-25-31-14-17(26(28,29)30)24(34-25)41-21-7-5-6-20(21)36(2)42(4,38)39;/h12-15,20-21H,5-11H2,1-4H3,(H,32,37)(H,31,33,34);1H4/t20-,21-;/m1./s1. The number of likely N-dealkylation sites (tertiary alicyclic amines) is 1. The average molecular weight is 635 g/mol. The van der Waals surface area contributed by atoms with Crippen molar-refractivity contribution in [2.24, 2.45) is 0 Å². The summed E-state index contributed by atoms with van der Waals surface area (Å²) in [5, 5.41) is 5.47. The summed E-state index contributed by atoms with van der Waals surface area (Å²) in [7, 11) is 0.989. The second-order valence-corrected chi connectivity index (χ2v) is 12.6. The summed E-state index contributed by atoms with van der Waals surface area (Å²) in [6.07, 6.45) is -1.51. The van der Waals surface area contributed by atoms with Gasteiger partial charge in [-0.15, -0.1) is 0 Å². The van der Waals surface area contributed by atoms with Crippen LogP contribution in [0, 0.1) is 5.82 Å². The molecule has 2 aromatic rings. The van der Waals surface area contributed by atoms with Crippen molar-refractivity contribution in [3.63, 3.8) is 0 Å². The van der Waals surface area contributed by atoms with Crippen LogP contribution in [0.3, 0.4) is 0 Å². The molecular formula is C27H38F4N6O5S. The molecule has 240 valence electrons. The largest absolute Gasteiger partial charge is 0.495 e. The summed E-state index contributed by atoms with van der Waals surface area (Å²) in [4.78, 5) is 22.6. The van der Waals surface area contributed by atoms with Gasteiger partial charge in [0, 0.05) is 25.4 Å². The Hall–Kier alpha value is -3.24. The molecule has 0 bridgehead atoms. The van der Waals surface area contributed by atoms with E-state index in [1.54, 1.807) is 0 Å². The van der Waals surface area contributed by atoms with Crippen molar-refractivity contribution >= 4 is 27.6 Å². The fourth-order valence-corrected chi connectivity index (χ4v) is 5.82. The number of methoxy groups -OCH3 is 1. The molecular weight excluding hydrogens is 596 g/mol. The maximum atomic E-state index is 15.1. The molecule has 1 saturated heterocycles. The molecule has 2 aliphatic rings. The number of carbonyl (C=O) groups excluding carboxylic acids is 1. The van der Waals surface area contributed by atoms with Crippen LogP contribution < -0.4 is 20.1 Å². The zero-order valence-electron chi connectivity index (χ0n) is 23.7. The quantitative estimate of drug-likeness (QED) is 0.393. The number of alkyl halides is 3. The van der Waals surface area contributed by atoms with Crippen LogP contribution in [-0.2, 0) is 16.2 Å². The predicted octanol–water partition coefficient (Wildman–Crippen LogP) is 4.04. The molecule has 2 N–H and O–H groups in total. The molecule has 1 saturated carbocycles. The first-order chi connectivity index (χ1) is 19.7. The lowest BCUT2D eigenvalue weighted by atomic mass is 10.0. The summed E-state index contributed by atoms with van der Waals surface area (Å²) >= 11 is 0. The summed E-state index contributed by atoms with van der Waals surface area (Å²) < 4.78 is 92.7. The third-order valence-electron chi connectivity index (χ3n) is 7.56. The highest BCUT2D eigenvalue weighted by atomic mass is 32.2. The van der Waals surface area contributed by atoms with Gasteiger partial charge in [-0.05, 0) is 58.3 Å². The zero-order valence-corrected chi connectivity index (χ0v) is 24.5. The Morgan fingerprint density at radius 3 is 2.44 bits per heavy atom. The number of anilines is 2. The molecule has 0 unspecified atom stereocenters. The molecule has 2 atom stereocenters. The SMILES string of the molecule is C.COc1cc(C(=O)NC2CCN(C)CC2)c(F)cc1Nc1ncc(C(F)(F)F)c(O[C@@H]2CCC[C@H]2N(C)S(C)(=O)=O)n1. The third-order valence-corrected chi connectivity index (χ3v) is 8.88. The first kappa shape index (κ1) is 34.3. The van der Waals surface area contributed by atoms with Crippen LogP contribution in [0.1, 0.15) is 55.5 Å². The number of rotatable bonds is 9. The van der Waals surface area contributed by atoms with E-state index < -0.39 is 51.5 Å². The molecule has 2 fully saturated rings. The first-order valence-corrected chi connectivity index (χ1v) is 15.2. The van der Waals surface area contributed by atoms with Gasteiger partial charge in [0.2, 0.25) is 21.9 Å². The van der Waals surface area contributed by atoms with Gasteiger partial charge in [0.1, 0.15) is 23.2 Å². The molecule has 1 aromatic heterocycles. The Kier molecular flexibility index (Phi) is 10.8. The van der Waals surface area contributed by atoms with E-state index in [0.29, 0.717) is 25.5 Å². The lowest BCUT2D eigenvalue weighted by Gasteiger charge is -2.29. The van der Waals surface area contributed by atoms with Crippen LogP contribution >= 0.6 is 0 Å². The molecule has 4 rings (SSSR count). The number of halogens is 4. The van der Waals surface area contributed by atoms with Crippen molar-refractivity contribution in [2.75, 3.05) is 45.9 Å².